The molecular weight excluding hydrogens is 449 g/mol. The smallest absolute Gasteiger partial charge is 0.161 e. The molecule has 1 aromatic heterocycles. The zero-order valence-electron chi connectivity index (χ0n) is 17.3. The van der Waals surface area contributed by atoms with Gasteiger partial charge in [-0.1, -0.05) is 47.5 Å². The standard InChI is InChI=1S/C25H19Cl2NO4/c1-14-5-3-6-16-17(25(29)30)12-21(28-24(14)16)15-9-10-22(23(11-15)31-2)32-13-18-19(26)7-4-8-20(18)27/h3-12H,13H2,1-2H3,(H,29,30)/p-1. The molecule has 0 aliphatic rings. The topological polar surface area (TPSA) is 71.5 Å². The normalized spacial score (nSPS) is 10.9. The lowest BCUT2D eigenvalue weighted by Crippen LogP contribution is -2.22. The van der Waals surface area contributed by atoms with E-state index in [9.17, 15) is 9.90 Å². The molecule has 7 heteroatoms. The van der Waals surface area contributed by atoms with Gasteiger partial charge >= 0.3 is 0 Å². The van der Waals surface area contributed by atoms with Crippen LogP contribution in [0.3, 0.4) is 0 Å². The van der Waals surface area contributed by atoms with Crippen molar-refractivity contribution in [3.63, 3.8) is 0 Å². The number of carbonyl (C=O) groups is 1. The van der Waals surface area contributed by atoms with E-state index in [4.69, 9.17) is 32.7 Å². The molecule has 1 heterocycles. The van der Waals surface area contributed by atoms with Crippen LogP contribution in [0.1, 0.15) is 21.5 Å². The summed E-state index contributed by atoms with van der Waals surface area (Å²) in [5.74, 6) is -0.301. The summed E-state index contributed by atoms with van der Waals surface area (Å²) in [4.78, 5) is 16.4. The number of carbonyl (C=O) groups excluding carboxylic acids is 1. The molecule has 0 saturated heterocycles. The number of carboxylic acids is 1. The van der Waals surface area contributed by atoms with Crippen LogP contribution in [0.15, 0.2) is 60.7 Å². The van der Waals surface area contributed by atoms with Crippen molar-refractivity contribution in [2.24, 2.45) is 0 Å². The van der Waals surface area contributed by atoms with Gasteiger partial charge in [-0.05, 0) is 48.9 Å². The fourth-order valence-electron chi connectivity index (χ4n) is 3.47. The number of para-hydroxylation sites is 1. The molecule has 0 aliphatic heterocycles. The summed E-state index contributed by atoms with van der Waals surface area (Å²) in [7, 11) is 1.53. The first kappa shape index (κ1) is 21.9. The van der Waals surface area contributed by atoms with E-state index in [1.54, 1.807) is 48.5 Å². The minimum atomic E-state index is -1.26. The molecule has 5 nitrogen and oxygen atoms in total. The lowest BCUT2D eigenvalue weighted by Gasteiger charge is -2.15. The molecule has 32 heavy (non-hydrogen) atoms. The van der Waals surface area contributed by atoms with Crippen molar-refractivity contribution in [1.29, 1.82) is 0 Å². The molecule has 3 aromatic carbocycles. The summed E-state index contributed by atoms with van der Waals surface area (Å²) in [5.41, 5.74) is 3.41. The third-order valence-corrected chi connectivity index (χ3v) is 5.86. The van der Waals surface area contributed by atoms with Crippen LogP contribution in [0.5, 0.6) is 11.5 Å². The second kappa shape index (κ2) is 9.07. The van der Waals surface area contributed by atoms with Gasteiger partial charge in [0.2, 0.25) is 0 Å². The molecule has 162 valence electrons. The predicted molar refractivity (Wildman–Crippen MR) is 124 cm³/mol. The number of carboxylic acid groups (broad SMARTS) is 1. The average Bonchev–Trinajstić information content (AvgIpc) is 2.78. The largest absolute Gasteiger partial charge is 0.545 e. The predicted octanol–water partition coefficient (Wildman–Crippen LogP) is 5.47. The van der Waals surface area contributed by atoms with Gasteiger partial charge in [0.1, 0.15) is 6.61 Å². The fraction of sp³-hybridized carbons (Fsp3) is 0.120. The van der Waals surface area contributed by atoms with E-state index in [0.717, 1.165) is 5.56 Å². The lowest BCUT2D eigenvalue weighted by atomic mass is 10.0. The highest BCUT2D eigenvalue weighted by Crippen LogP contribution is 2.35. The Kier molecular flexibility index (Phi) is 6.21. The Hall–Kier alpha value is -3.28. The van der Waals surface area contributed by atoms with Crippen LogP contribution >= 0.6 is 23.2 Å². The van der Waals surface area contributed by atoms with Gasteiger partial charge < -0.3 is 19.4 Å². The number of aryl methyl sites for hydroxylation is 1. The fourth-order valence-corrected chi connectivity index (χ4v) is 3.98. The summed E-state index contributed by atoms with van der Waals surface area (Å²) in [6, 6.07) is 17.4. The highest BCUT2D eigenvalue weighted by Gasteiger charge is 2.14. The summed E-state index contributed by atoms with van der Waals surface area (Å²) < 4.78 is 11.4. The zero-order chi connectivity index (χ0) is 22.8. The number of fused-ring (bicyclic) bond motifs is 1. The van der Waals surface area contributed by atoms with E-state index in [1.807, 2.05) is 13.0 Å². The number of benzene rings is 3. The second-order valence-electron chi connectivity index (χ2n) is 7.17. The van der Waals surface area contributed by atoms with Gasteiger partial charge in [0.05, 0.1) is 24.3 Å². The Morgan fingerprint density at radius 3 is 2.41 bits per heavy atom. The number of aromatic carboxylic acids is 1. The van der Waals surface area contributed by atoms with E-state index in [0.29, 0.717) is 49.3 Å². The molecule has 0 atom stereocenters. The number of methoxy groups -OCH3 is 1. The van der Waals surface area contributed by atoms with Crippen molar-refractivity contribution in [2.75, 3.05) is 7.11 Å². The first-order valence-corrected chi connectivity index (χ1v) is 10.5. The van der Waals surface area contributed by atoms with E-state index in [1.165, 1.54) is 13.2 Å². The molecule has 0 bridgehead atoms. The molecule has 0 spiro atoms. The second-order valence-corrected chi connectivity index (χ2v) is 7.98. The molecule has 0 amide bonds. The average molecular weight is 467 g/mol. The summed E-state index contributed by atoms with van der Waals surface area (Å²) in [5, 5.41) is 13.3. The Labute approximate surface area is 195 Å². The Morgan fingerprint density at radius 1 is 1.00 bits per heavy atom. The van der Waals surface area contributed by atoms with Gasteiger partial charge in [0.15, 0.2) is 11.5 Å². The quantitative estimate of drug-likeness (QED) is 0.376. The SMILES string of the molecule is COc1cc(-c2cc(C(=O)[O-])c3cccc(C)c3n2)ccc1OCc1c(Cl)cccc1Cl. The minimum absolute atomic E-state index is 0.0846. The van der Waals surface area contributed by atoms with E-state index >= 15 is 0 Å². The van der Waals surface area contributed by atoms with Crippen molar-refractivity contribution in [2.45, 2.75) is 13.5 Å². The van der Waals surface area contributed by atoms with E-state index in [-0.39, 0.29) is 12.2 Å². The number of hydrogen-bond acceptors (Lipinski definition) is 5. The van der Waals surface area contributed by atoms with Crippen molar-refractivity contribution < 1.29 is 19.4 Å². The van der Waals surface area contributed by atoms with Crippen LogP contribution in [0.25, 0.3) is 22.2 Å². The Bertz CT molecular complexity index is 1320. The lowest BCUT2D eigenvalue weighted by molar-refractivity contribution is -0.254. The first-order valence-electron chi connectivity index (χ1n) is 9.75. The molecule has 0 fully saturated rings. The van der Waals surface area contributed by atoms with Gasteiger partial charge in [-0.25, -0.2) is 4.98 Å². The third-order valence-electron chi connectivity index (χ3n) is 5.15. The van der Waals surface area contributed by atoms with Crippen LogP contribution in [-0.2, 0) is 6.61 Å². The van der Waals surface area contributed by atoms with Crippen LogP contribution in [0.4, 0.5) is 0 Å². The van der Waals surface area contributed by atoms with Crippen LogP contribution in [0, 0.1) is 6.92 Å². The monoisotopic (exact) mass is 466 g/mol. The summed E-state index contributed by atoms with van der Waals surface area (Å²) >= 11 is 12.4. The van der Waals surface area contributed by atoms with Gasteiger partial charge in [-0.3, -0.25) is 0 Å². The van der Waals surface area contributed by atoms with E-state index in [2.05, 4.69) is 4.98 Å². The van der Waals surface area contributed by atoms with Crippen molar-refractivity contribution >= 4 is 40.1 Å². The van der Waals surface area contributed by atoms with Gasteiger partial charge in [-0.15, -0.1) is 0 Å². The van der Waals surface area contributed by atoms with E-state index < -0.39 is 5.97 Å². The number of nitrogens with zero attached hydrogens (tertiary/aromatic N) is 1. The highest BCUT2D eigenvalue weighted by atomic mass is 35.5. The molecular formula is C25H18Cl2NO4-. The summed E-state index contributed by atoms with van der Waals surface area (Å²) in [6.07, 6.45) is 0. The number of aromatic nitrogens is 1. The highest BCUT2D eigenvalue weighted by molar-refractivity contribution is 6.35. The maximum absolute atomic E-state index is 11.8. The van der Waals surface area contributed by atoms with Gasteiger partial charge in [-0.2, -0.15) is 0 Å². The number of ether oxygens (including phenoxy) is 2. The van der Waals surface area contributed by atoms with Crippen LogP contribution in [-0.4, -0.2) is 18.1 Å². The molecule has 0 N–H and O–H groups in total. The maximum atomic E-state index is 11.8. The maximum Gasteiger partial charge on any atom is 0.161 e. The minimum Gasteiger partial charge on any atom is -0.545 e. The first-order chi connectivity index (χ1) is 15.4. The van der Waals surface area contributed by atoms with Crippen molar-refractivity contribution in [3.8, 4) is 22.8 Å². The number of halogens is 2. The van der Waals surface area contributed by atoms with Crippen LogP contribution < -0.4 is 14.6 Å². The van der Waals surface area contributed by atoms with Crippen molar-refractivity contribution in [1.82, 2.24) is 4.98 Å². The molecule has 0 aliphatic carbocycles. The van der Waals surface area contributed by atoms with Gasteiger partial charge in [0.25, 0.3) is 0 Å². The van der Waals surface area contributed by atoms with Crippen LogP contribution in [0.2, 0.25) is 10.0 Å². The summed E-state index contributed by atoms with van der Waals surface area (Å²) in [6.45, 7) is 2.05. The molecule has 0 radical (unpaired) electrons. The number of pyridine rings is 1. The Balaban J connectivity index is 1.72. The third kappa shape index (κ3) is 4.22. The van der Waals surface area contributed by atoms with Gasteiger partial charge in [0, 0.05) is 32.1 Å². The molecule has 0 saturated carbocycles. The Morgan fingerprint density at radius 2 is 1.72 bits per heavy atom. The zero-order valence-corrected chi connectivity index (χ0v) is 18.8. The van der Waals surface area contributed by atoms with Crippen molar-refractivity contribution in [3.05, 3.63) is 87.4 Å². The number of rotatable bonds is 6. The number of hydrogen-bond donors (Lipinski definition) is 0. The molecule has 4 rings (SSSR count). The molecule has 0 unspecified atom stereocenters. The molecule has 4 aromatic rings.